The summed E-state index contributed by atoms with van der Waals surface area (Å²) in [5.74, 6) is -0.912. The molecule has 1 aromatic heterocycles. The van der Waals surface area contributed by atoms with Crippen molar-refractivity contribution in [1.29, 1.82) is 0 Å². The number of anilines is 1. The Hall–Kier alpha value is -4.16. The lowest BCUT2D eigenvalue weighted by Gasteiger charge is -2.19. The van der Waals surface area contributed by atoms with E-state index in [0.717, 1.165) is 16.5 Å². The number of hydrogen-bond donors (Lipinski definition) is 3. The number of amides is 1. The van der Waals surface area contributed by atoms with Gasteiger partial charge in [0, 0.05) is 46.0 Å². The van der Waals surface area contributed by atoms with Crippen molar-refractivity contribution in [2.45, 2.75) is 6.54 Å². The van der Waals surface area contributed by atoms with Gasteiger partial charge in [0.25, 0.3) is 5.91 Å². The van der Waals surface area contributed by atoms with E-state index in [0.29, 0.717) is 22.4 Å². The van der Waals surface area contributed by atoms with Crippen LogP contribution in [0.4, 0.5) is 5.69 Å². The molecule has 0 unspecified atom stereocenters. The van der Waals surface area contributed by atoms with Crippen LogP contribution in [0.3, 0.4) is 0 Å². The molecule has 162 valence electrons. The van der Waals surface area contributed by atoms with Gasteiger partial charge in [0.15, 0.2) is 0 Å². The number of carbonyl (C=O) groups excluding carboxylic acids is 3. The maximum absolute atomic E-state index is 12.8. The van der Waals surface area contributed by atoms with Crippen molar-refractivity contribution in [3.63, 3.8) is 0 Å². The van der Waals surface area contributed by atoms with E-state index in [4.69, 9.17) is 11.6 Å². The average Bonchev–Trinajstić information content (AvgIpc) is 3.31. The minimum atomic E-state index is -0.376. The first kappa shape index (κ1) is 20.7. The summed E-state index contributed by atoms with van der Waals surface area (Å²) in [5, 5.41) is 6.78. The van der Waals surface area contributed by atoms with Gasteiger partial charge in [-0.3, -0.25) is 14.4 Å². The van der Waals surface area contributed by atoms with Crippen LogP contribution in [0.2, 0.25) is 0 Å². The zero-order valence-corrected chi connectivity index (χ0v) is 18.1. The summed E-state index contributed by atoms with van der Waals surface area (Å²) in [5.41, 5.74) is 3.77. The topological polar surface area (TPSA) is 91.1 Å². The van der Waals surface area contributed by atoms with Gasteiger partial charge in [0.05, 0.1) is 0 Å². The van der Waals surface area contributed by atoms with E-state index < -0.39 is 0 Å². The molecular weight excluding hydrogens is 438 g/mol. The van der Waals surface area contributed by atoms with E-state index in [1.165, 1.54) is 0 Å². The summed E-state index contributed by atoms with van der Waals surface area (Å²) in [6, 6.07) is 21.2. The third kappa shape index (κ3) is 3.92. The van der Waals surface area contributed by atoms with Crippen molar-refractivity contribution >= 4 is 45.7 Å². The Morgan fingerprint density at radius 1 is 0.879 bits per heavy atom. The Balaban J connectivity index is 1.26. The summed E-state index contributed by atoms with van der Waals surface area (Å²) in [6.07, 6.45) is 1.85. The highest BCUT2D eigenvalue weighted by molar-refractivity contribution is 6.49. The van der Waals surface area contributed by atoms with Gasteiger partial charge in [-0.15, -0.1) is 0 Å². The summed E-state index contributed by atoms with van der Waals surface area (Å²) in [4.78, 5) is 41.0. The number of aromatic amines is 1. The van der Waals surface area contributed by atoms with Crippen LogP contribution in [0, 0.1) is 0 Å². The van der Waals surface area contributed by atoms with Gasteiger partial charge >= 0.3 is 0 Å². The molecule has 7 heteroatoms. The second-order valence-corrected chi connectivity index (χ2v) is 8.06. The Morgan fingerprint density at radius 2 is 1.61 bits per heavy atom. The van der Waals surface area contributed by atoms with Crippen LogP contribution >= 0.6 is 11.6 Å². The molecule has 0 saturated heterocycles. The number of carbonyl (C=O) groups is 3. The molecule has 0 aliphatic heterocycles. The summed E-state index contributed by atoms with van der Waals surface area (Å²) >= 11 is 6.19. The smallest absolute Gasteiger partial charge is 0.255 e. The number of nitrogens with one attached hydrogen (secondary N) is 3. The minimum absolute atomic E-state index is 0.0855. The first-order valence-electron chi connectivity index (χ1n) is 10.3. The molecule has 1 heterocycles. The number of H-pyrrole nitrogens is 1. The van der Waals surface area contributed by atoms with Crippen molar-refractivity contribution in [2.75, 3.05) is 5.32 Å². The average molecular weight is 456 g/mol. The number of halogens is 1. The second kappa shape index (κ2) is 8.41. The van der Waals surface area contributed by atoms with Gasteiger partial charge in [-0.05, 0) is 42.0 Å². The van der Waals surface area contributed by atoms with Crippen LogP contribution in [0.25, 0.3) is 10.9 Å². The molecule has 1 amide bonds. The number of Topliss-reactive ketones (excluding diaryl/α,β-unsaturated/α-hetero) is 2. The number of fused-ring (bicyclic) bond motifs is 2. The molecule has 3 N–H and O–H groups in total. The van der Waals surface area contributed by atoms with Gasteiger partial charge in [0.2, 0.25) is 11.6 Å². The largest absolute Gasteiger partial charge is 0.376 e. The Labute approximate surface area is 194 Å². The molecule has 0 radical (unpaired) electrons. The SMILES string of the molecule is O=C(Nc1ccc2[nH]ccc2c1)c1ccc(CNC2=C(Cl)C(=O)c3ccccc3C2=O)cc1. The van der Waals surface area contributed by atoms with Gasteiger partial charge in [0.1, 0.15) is 10.7 Å². The van der Waals surface area contributed by atoms with Gasteiger partial charge in [-0.25, -0.2) is 0 Å². The van der Waals surface area contributed by atoms with Crippen LogP contribution in [0.15, 0.2) is 89.7 Å². The fraction of sp³-hybridized carbons (Fsp3) is 0.0385. The van der Waals surface area contributed by atoms with Crippen molar-refractivity contribution in [2.24, 2.45) is 0 Å². The third-order valence-corrected chi connectivity index (χ3v) is 5.92. The van der Waals surface area contributed by atoms with Crippen molar-refractivity contribution < 1.29 is 14.4 Å². The summed E-state index contributed by atoms with van der Waals surface area (Å²) in [6.45, 7) is 0.277. The lowest BCUT2D eigenvalue weighted by molar-refractivity contribution is 0.0974. The van der Waals surface area contributed by atoms with E-state index >= 15 is 0 Å². The van der Waals surface area contributed by atoms with Crippen molar-refractivity contribution in [3.8, 4) is 0 Å². The maximum Gasteiger partial charge on any atom is 0.255 e. The highest BCUT2D eigenvalue weighted by atomic mass is 35.5. The first-order valence-corrected chi connectivity index (χ1v) is 10.7. The molecule has 0 spiro atoms. The Morgan fingerprint density at radius 3 is 2.36 bits per heavy atom. The second-order valence-electron chi connectivity index (χ2n) is 7.68. The number of allylic oxidation sites excluding steroid dienone is 2. The summed E-state index contributed by atoms with van der Waals surface area (Å²) < 4.78 is 0. The van der Waals surface area contributed by atoms with Crippen LogP contribution in [0.1, 0.15) is 36.6 Å². The quantitative estimate of drug-likeness (QED) is 0.393. The number of aromatic nitrogens is 1. The highest BCUT2D eigenvalue weighted by Crippen LogP contribution is 2.27. The minimum Gasteiger partial charge on any atom is -0.376 e. The summed E-state index contributed by atoms with van der Waals surface area (Å²) in [7, 11) is 0. The maximum atomic E-state index is 12.8. The van der Waals surface area contributed by atoms with Crippen LogP contribution < -0.4 is 10.6 Å². The van der Waals surface area contributed by atoms with E-state index in [1.807, 2.05) is 30.5 Å². The van der Waals surface area contributed by atoms with Crippen molar-refractivity contribution in [1.82, 2.24) is 10.3 Å². The first-order chi connectivity index (χ1) is 16.0. The van der Waals surface area contributed by atoms with Crippen molar-refractivity contribution in [3.05, 3.63) is 112 Å². The molecule has 33 heavy (non-hydrogen) atoms. The van der Waals surface area contributed by atoms with Gasteiger partial charge < -0.3 is 15.6 Å². The van der Waals surface area contributed by atoms with Gasteiger partial charge in [-0.2, -0.15) is 0 Å². The van der Waals surface area contributed by atoms with Crippen LogP contribution in [-0.2, 0) is 6.54 Å². The molecule has 4 aromatic rings. The van der Waals surface area contributed by atoms with E-state index in [-0.39, 0.29) is 34.7 Å². The number of ketones is 2. The monoisotopic (exact) mass is 455 g/mol. The van der Waals surface area contributed by atoms with Crippen LogP contribution in [-0.4, -0.2) is 22.5 Å². The Bertz CT molecular complexity index is 1450. The number of hydrogen-bond acceptors (Lipinski definition) is 4. The van der Waals surface area contributed by atoms with E-state index in [9.17, 15) is 14.4 Å². The molecule has 5 rings (SSSR count). The van der Waals surface area contributed by atoms with E-state index in [1.54, 1.807) is 48.5 Å². The standard InChI is InChI=1S/C26H18ClN3O3/c27-22-23(25(32)20-4-2-1-3-19(20)24(22)31)29-14-15-5-7-16(8-6-15)26(33)30-18-9-10-21-17(13-18)11-12-28-21/h1-13,28-29H,14H2,(H,30,33). The Kier molecular flexibility index (Phi) is 5.28. The molecule has 3 aromatic carbocycles. The molecule has 0 saturated carbocycles. The normalized spacial score (nSPS) is 13.2. The fourth-order valence-corrected chi connectivity index (χ4v) is 4.06. The fourth-order valence-electron chi connectivity index (χ4n) is 3.80. The van der Waals surface area contributed by atoms with Gasteiger partial charge in [-0.1, -0.05) is 48.0 Å². The zero-order chi connectivity index (χ0) is 22.9. The molecule has 1 aliphatic carbocycles. The predicted octanol–water partition coefficient (Wildman–Crippen LogP) is 5.04. The molecule has 6 nitrogen and oxygen atoms in total. The molecule has 0 fully saturated rings. The zero-order valence-electron chi connectivity index (χ0n) is 17.3. The molecule has 1 aliphatic rings. The van der Waals surface area contributed by atoms with E-state index in [2.05, 4.69) is 15.6 Å². The molecular formula is C26H18ClN3O3. The highest BCUT2D eigenvalue weighted by Gasteiger charge is 2.30. The predicted molar refractivity (Wildman–Crippen MR) is 128 cm³/mol. The molecule has 0 atom stereocenters. The lowest BCUT2D eigenvalue weighted by Crippen LogP contribution is -2.28. The lowest BCUT2D eigenvalue weighted by atomic mass is 9.92. The van der Waals surface area contributed by atoms with Crippen LogP contribution in [0.5, 0.6) is 0 Å². The molecule has 0 bridgehead atoms. The number of benzene rings is 3. The number of rotatable bonds is 5. The third-order valence-electron chi connectivity index (χ3n) is 5.56.